The van der Waals surface area contributed by atoms with Crippen molar-refractivity contribution in [2.24, 2.45) is 0 Å². The molecule has 0 aliphatic heterocycles. The van der Waals surface area contributed by atoms with Crippen molar-refractivity contribution in [3.8, 4) is 11.5 Å². The minimum Gasteiger partial charge on any atom is -0.612 e. The summed E-state index contributed by atoms with van der Waals surface area (Å²) in [5, 5.41) is 0. The molecule has 2 aromatic carbocycles. The summed E-state index contributed by atoms with van der Waals surface area (Å²) in [4.78, 5) is 0. The fourth-order valence-corrected chi connectivity index (χ4v) is 3.93. The van der Waals surface area contributed by atoms with Gasteiger partial charge in [0.25, 0.3) is 0 Å². The Morgan fingerprint density at radius 3 is 1.29 bits per heavy atom. The lowest BCUT2D eigenvalue weighted by Gasteiger charge is -2.26. The molecule has 0 unspecified atom stereocenters. The van der Waals surface area contributed by atoms with E-state index in [1.807, 2.05) is 24.3 Å². The van der Waals surface area contributed by atoms with Crippen molar-refractivity contribution in [1.29, 1.82) is 0 Å². The quantitative estimate of drug-likeness (QED) is 0.649. The maximum absolute atomic E-state index is 6.26. The van der Waals surface area contributed by atoms with Crippen molar-refractivity contribution in [1.82, 2.24) is 0 Å². The van der Waals surface area contributed by atoms with E-state index in [1.165, 1.54) is 11.1 Å². The van der Waals surface area contributed by atoms with E-state index in [4.69, 9.17) is 7.58 Å². The molecule has 24 heavy (non-hydrogen) atoms. The average molecular weight is 340 g/mol. The van der Waals surface area contributed by atoms with Crippen LogP contribution in [0.3, 0.4) is 0 Å². The third-order valence-electron chi connectivity index (χ3n) is 3.98. The molecule has 0 heterocycles. The molecule has 0 aliphatic rings. The van der Waals surface area contributed by atoms with Crippen molar-refractivity contribution in [2.75, 3.05) is 0 Å². The summed E-state index contributed by atoms with van der Waals surface area (Å²) in [6.45, 7) is 13.2. The topological polar surface area (TPSA) is 18.5 Å². The van der Waals surface area contributed by atoms with Crippen molar-refractivity contribution >= 4 is 14.8 Å². The summed E-state index contributed by atoms with van der Waals surface area (Å²) in [7, 11) is 0. The molecule has 0 spiro atoms. The van der Waals surface area contributed by atoms with Crippen LogP contribution in [0.4, 0.5) is 0 Å². The minimum atomic E-state index is -1.86. The van der Waals surface area contributed by atoms with Gasteiger partial charge in [0.15, 0.2) is 0 Å². The molecule has 0 saturated heterocycles. The molecule has 2 nitrogen and oxygen atoms in total. The zero-order valence-corrected chi connectivity index (χ0v) is 17.2. The van der Waals surface area contributed by atoms with Gasteiger partial charge >= 0.3 is 14.8 Å². The second kappa shape index (κ2) is 7.22. The normalized spacial score (nSPS) is 12.0. The average Bonchev–Trinajstić information content (AvgIpc) is 2.46. The van der Waals surface area contributed by atoms with E-state index in [0.29, 0.717) is 0 Å². The van der Waals surface area contributed by atoms with Gasteiger partial charge < -0.3 is 7.58 Å². The van der Waals surface area contributed by atoms with Crippen LogP contribution in [-0.4, -0.2) is 14.8 Å². The Balaban J connectivity index is 2.21. The maximum Gasteiger partial charge on any atom is 0.853 e. The Morgan fingerprint density at radius 1 is 0.625 bits per heavy atom. The van der Waals surface area contributed by atoms with Crippen molar-refractivity contribution in [3.63, 3.8) is 0 Å². The third-order valence-corrected chi connectivity index (χ3v) is 5.15. The molecule has 0 radical (unpaired) electrons. The Labute approximate surface area is 151 Å². The number of para-hydroxylation sites is 2. The predicted molar refractivity (Wildman–Crippen MR) is 103 cm³/mol. The monoisotopic (exact) mass is 340 g/mol. The first-order chi connectivity index (χ1) is 11.1. The molecule has 0 N–H and O–H groups in total. The van der Waals surface area contributed by atoms with Crippen LogP contribution in [0.25, 0.3) is 0 Å². The van der Waals surface area contributed by atoms with E-state index in [0.717, 1.165) is 11.5 Å². The Morgan fingerprint density at radius 2 is 0.958 bits per heavy atom. The van der Waals surface area contributed by atoms with Gasteiger partial charge in [-0.25, -0.2) is 0 Å². The van der Waals surface area contributed by atoms with Crippen LogP contribution in [0.2, 0.25) is 5.79 Å². The van der Waals surface area contributed by atoms with Gasteiger partial charge in [0.1, 0.15) is 0 Å². The summed E-state index contributed by atoms with van der Waals surface area (Å²) in [5.74, 6) is 3.97. The number of hydrogen-bond acceptors (Lipinski definition) is 2. The highest BCUT2D eigenvalue weighted by atomic mass is 27.2. The lowest BCUT2D eigenvalue weighted by Crippen LogP contribution is -2.28. The van der Waals surface area contributed by atoms with E-state index in [9.17, 15) is 0 Å². The van der Waals surface area contributed by atoms with Crippen LogP contribution >= 0.6 is 0 Å². The largest absolute Gasteiger partial charge is 0.853 e. The molecule has 0 saturated carbocycles. The smallest absolute Gasteiger partial charge is 0.612 e. The summed E-state index contributed by atoms with van der Waals surface area (Å²) in [6, 6.07) is 16.5. The molecule has 2 rings (SSSR count). The lowest BCUT2D eigenvalue weighted by molar-refractivity contribution is 0.411. The second-order valence-corrected chi connectivity index (χ2v) is 9.90. The SMILES string of the molecule is [CH3][Al]([O]c1ccccc1C(C)(C)C)[O]c1ccccc1C(C)(C)C. The van der Waals surface area contributed by atoms with Gasteiger partial charge in [-0.3, -0.25) is 0 Å². The maximum atomic E-state index is 6.26. The minimum absolute atomic E-state index is 0.0496. The van der Waals surface area contributed by atoms with E-state index in [1.54, 1.807) is 0 Å². The fraction of sp³-hybridized carbons (Fsp3) is 0.429. The number of hydrogen-bond donors (Lipinski definition) is 0. The summed E-state index contributed by atoms with van der Waals surface area (Å²) < 4.78 is 12.5. The Kier molecular flexibility index (Phi) is 5.68. The van der Waals surface area contributed by atoms with E-state index < -0.39 is 14.8 Å². The molecule has 0 aromatic heterocycles. The van der Waals surface area contributed by atoms with Crippen LogP contribution in [0, 0.1) is 0 Å². The molecule has 0 fully saturated rings. The first kappa shape index (κ1) is 18.9. The van der Waals surface area contributed by atoms with Crippen LogP contribution in [0.1, 0.15) is 52.7 Å². The van der Waals surface area contributed by atoms with Gasteiger partial charge in [-0.05, 0) is 39.9 Å². The van der Waals surface area contributed by atoms with E-state index >= 15 is 0 Å². The second-order valence-electron chi connectivity index (χ2n) is 8.30. The van der Waals surface area contributed by atoms with Crippen LogP contribution < -0.4 is 7.58 Å². The molecule has 0 atom stereocenters. The van der Waals surface area contributed by atoms with Gasteiger partial charge in [0, 0.05) is 0 Å². The molecule has 0 aliphatic carbocycles. The molecule has 128 valence electrons. The first-order valence-electron chi connectivity index (χ1n) is 8.61. The van der Waals surface area contributed by atoms with Gasteiger partial charge in [-0.2, -0.15) is 0 Å². The predicted octanol–water partition coefficient (Wildman–Crippen LogP) is 5.86. The lowest BCUT2D eigenvalue weighted by atomic mass is 9.86. The number of benzene rings is 2. The fourth-order valence-electron chi connectivity index (χ4n) is 2.76. The molecule has 0 amide bonds. The molecular formula is C21H29AlO2. The summed E-state index contributed by atoms with van der Waals surface area (Å²) >= 11 is -1.86. The van der Waals surface area contributed by atoms with Crippen LogP contribution in [0.15, 0.2) is 48.5 Å². The van der Waals surface area contributed by atoms with E-state index in [2.05, 4.69) is 71.6 Å². The van der Waals surface area contributed by atoms with Crippen molar-refractivity contribution < 1.29 is 7.58 Å². The Hall–Kier alpha value is -1.43. The van der Waals surface area contributed by atoms with E-state index in [-0.39, 0.29) is 10.8 Å². The molecule has 2 aromatic rings. The summed E-state index contributed by atoms with van der Waals surface area (Å²) in [5.41, 5.74) is 2.54. The van der Waals surface area contributed by atoms with Crippen molar-refractivity contribution in [2.45, 2.75) is 58.2 Å². The molecular weight excluding hydrogens is 311 g/mol. The number of rotatable bonds is 4. The highest BCUT2D eigenvalue weighted by Gasteiger charge is 2.29. The molecule has 3 heteroatoms. The highest BCUT2D eigenvalue weighted by Crippen LogP contribution is 2.33. The first-order valence-corrected chi connectivity index (χ1v) is 10.7. The van der Waals surface area contributed by atoms with Gasteiger partial charge in [0.2, 0.25) is 0 Å². The standard InChI is InChI=1S/2C10H14O.CH3.Al/c2*1-10(2,3)8-6-4-5-7-9(8)11;;/h2*4-7,11H,1-3H3;1H3;/q;;;+2/p-2. The van der Waals surface area contributed by atoms with Gasteiger partial charge in [-0.15, -0.1) is 0 Å². The van der Waals surface area contributed by atoms with Crippen LogP contribution in [-0.2, 0) is 10.8 Å². The van der Waals surface area contributed by atoms with Crippen molar-refractivity contribution in [3.05, 3.63) is 59.7 Å². The van der Waals surface area contributed by atoms with Gasteiger partial charge in [-0.1, -0.05) is 77.9 Å². The molecule has 0 bridgehead atoms. The van der Waals surface area contributed by atoms with Crippen LogP contribution in [0.5, 0.6) is 11.5 Å². The van der Waals surface area contributed by atoms with Gasteiger partial charge in [0.05, 0.1) is 11.5 Å². The zero-order valence-electron chi connectivity index (χ0n) is 16.0. The third kappa shape index (κ3) is 4.79. The summed E-state index contributed by atoms with van der Waals surface area (Å²) in [6.07, 6.45) is 0. The zero-order chi connectivity index (χ0) is 18.0. The Bertz CT molecular complexity index is 621. The highest BCUT2D eigenvalue weighted by molar-refractivity contribution is 6.44.